The lowest BCUT2D eigenvalue weighted by Crippen LogP contribution is -2.54. The van der Waals surface area contributed by atoms with Crippen LogP contribution in [0.15, 0.2) is 29.2 Å². The molecule has 1 aromatic rings. The van der Waals surface area contributed by atoms with Crippen molar-refractivity contribution < 1.29 is 23.1 Å². The maximum Gasteiger partial charge on any atom is 0.325 e. The summed E-state index contributed by atoms with van der Waals surface area (Å²) in [5.74, 6) is -0.709. The normalized spacial score (nSPS) is 17.4. The maximum atomic E-state index is 13.2. The Labute approximate surface area is 168 Å². The van der Waals surface area contributed by atoms with E-state index in [9.17, 15) is 18.3 Å². The average molecular weight is 412 g/mol. The van der Waals surface area contributed by atoms with Crippen molar-refractivity contribution in [2.24, 2.45) is 0 Å². The summed E-state index contributed by atoms with van der Waals surface area (Å²) in [4.78, 5) is 14.3. The molecule has 1 aliphatic heterocycles. The fraction of sp³-hybridized carbons (Fsp3) is 0.667. The third-order valence-electron chi connectivity index (χ3n) is 5.77. The van der Waals surface area contributed by atoms with Gasteiger partial charge in [-0.1, -0.05) is 39.0 Å². The maximum absolute atomic E-state index is 13.2. The zero-order chi connectivity index (χ0) is 20.6. The molecule has 0 saturated carbocycles. The van der Waals surface area contributed by atoms with Crippen LogP contribution in [0.2, 0.25) is 0 Å². The van der Waals surface area contributed by atoms with Crippen LogP contribution in [-0.2, 0) is 14.6 Å². The van der Waals surface area contributed by atoms with Crippen molar-refractivity contribution in [1.29, 1.82) is 0 Å². The van der Waals surface area contributed by atoms with Gasteiger partial charge in [-0.2, -0.15) is 0 Å². The molecule has 6 nitrogen and oxygen atoms in total. The number of hydrogen-bond donors (Lipinski definition) is 1. The second kappa shape index (κ2) is 10.3. The summed E-state index contributed by atoms with van der Waals surface area (Å²) in [5.41, 5.74) is 0. The molecule has 0 aromatic heterocycles. The van der Waals surface area contributed by atoms with E-state index in [0.717, 1.165) is 13.0 Å². The van der Waals surface area contributed by atoms with Gasteiger partial charge in [-0.25, -0.2) is 8.42 Å². The molecule has 1 saturated heterocycles. The minimum Gasteiger partial charge on any atom is -0.497 e. The van der Waals surface area contributed by atoms with Gasteiger partial charge in [0.05, 0.1) is 12.0 Å². The summed E-state index contributed by atoms with van der Waals surface area (Å²) in [5, 5.41) is 9.85. The van der Waals surface area contributed by atoms with E-state index >= 15 is 0 Å². The number of rotatable bonds is 11. The number of carboxylic acid groups (broad SMARTS) is 1. The molecule has 28 heavy (non-hydrogen) atoms. The molecule has 158 valence electrons. The van der Waals surface area contributed by atoms with Crippen molar-refractivity contribution in [2.45, 2.75) is 67.9 Å². The highest BCUT2D eigenvalue weighted by atomic mass is 32.2. The van der Waals surface area contributed by atoms with Crippen molar-refractivity contribution in [3.05, 3.63) is 24.3 Å². The summed E-state index contributed by atoms with van der Waals surface area (Å²) in [6.45, 7) is 4.10. The van der Waals surface area contributed by atoms with Crippen LogP contribution in [0.25, 0.3) is 0 Å². The number of benzene rings is 1. The van der Waals surface area contributed by atoms with Gasteiger partial charge in [-0.05, 0) is 50.1 Å². The van der Waals surface area contributed by atoms with Crippen LogP contribution in [0, 0.1) is 0 Å². The number of sulfone groups is 1. The van der Waals surface area contributed by atoms with Crippen LogP contribution < -0.4 is 4.74 Å². The molecular weight excluding hydrogens is 378 g/mol. The van der Waals surface area contributed by atoms with Gasteiger partial charge in [0.1, 0.15) is 5.75 Å². The molecule has 1 aliphatic rings. The Balaban J connectivity index is 2.00. The van der Waals surface area contributed by atoms with Gasteiger partial charge in [-0.3, -0.25) is 4.79 Å². The molecule has 1 heterocycles. The van der Waals surface area contributed by atoms with E-state index in [4.69, 9.17) is 4.74 Å². The Morgan fingerprint density at radius 2 is 1.64 bits per heavy atom. The number of aliphatic carboxylic acids is 1. The number of carboxylic acids is 1. The molecule has 0 atom stereocenters. The second-order valence-corrected chi connectivity index (χ2v) is 9.85. The standard InChI is InChI=1S/C21H33NO5S/c1-3-4-5-6-7-8-15-22-16-13-21(14-17-22,20(23)24)28(25,26)19-11-9-18(27-2)10-12-19/h9-12H,3-8,13-17H2,1-2H3,(H,23,24). The predicted octanol–water partition coefficient (Wildman–Crippen LogP) is 3.75. The van der Waals surface area contributed by atoms with Gasteiger partial charge >= 0.3 is 5.97 Å². The summed E-state index contributed by atoms with van der Waals surface area (Å²) in [6.07, 6.45) is 7.48. The molecule has 0 bridgehead atoms. The summed E-state index contributed by atoms with van der Waals surface area (Å²) in [7, 11) is -2.49. The zero-order valence-corrected chi connectivity index (χ0v) is 17.8. The third kappa shape index (κ3) is 5.06. The second-order valence-electron chi connectivity index (χ2n) is 7.59. The first kappa shape index (κ1) is 22.7. The van der Waals surface area contributed by atoms with Crippen LogP contribution in [-0.4, -0.2) is 55.9 Å². The molecule has 1 aromatic carbocycles. The summed E-state index contributed by atoms with van der Waals surface area (Å²) >= 11 is 0. The molecule has 0 spiro atoms. The molecule has 2 rings (SSSR count). The number of methoxy groups -OCH3 is 1. The number of likely N-dealkylation sites (tertiary alicyclic amines) is 1. The van der Waals surface area contributed by atoms with E-state index in [1.54, 1.807) is 12.1 Å². The Morgan fingerprint density at radius 3 is 2.18 bits per heavy atom. The first-order valence-electron chi connectivity index (χ1n) is 10.2. The van der Waals surface area contributed by atoms with E-state index in [1.807, 2.05) is 0 Å². The molecule has 1 N–H and O–H groups in total. The number of nitrogens with zero attached hydrogens (tertiary/aromatic N) is 1. The van der Waals surface area contributed by atoms with E-state index in [0.29, 0.717) is 18.8 Å². The van der Waals surface area contributed by atoms with Gasteiger partial charge in [0, 0.05) is 13.1 Å². The number of carbonyl (C=O) groups is 1. The van der Waals surface area contributed by atoms with Crippen molar-refractivity contribution in [1.82, 2.24) is 4.90 Å². The highest BCUT2D eigenvalue weighted by Gasteiger charge is 2.53. The Hall–Kier alpha value is -1.60. The Morgan fingerprint density at radius 1 is 1.07 bits per heavy atom. The minimum absolute atomic E-state index is 0.0417. The predicted molar refractivity (Wildman–Crippen MR) is 110 cm³/mol. The molecule has 0 radical (unpaired) electrons. The molecule has 0 unspecified atom stereocenters. The van der Waals surface area contributed by atoms with Gasteiger partial charge in [-0.15, -0.1) is 0 Å². The zero-order valence-electron chi connectivity index (χ0n) is 17.0. The monoisotopic (exact) mass is 411 g/mol. The topological polar surface area (TPSA) is 83.9 Å². The molecule has 0 amide bonds. The molecule has 0 aliphatic carbocycles. The van der Waals surface area contributed by atoms with E-state index in [-0.39, 0.29) is 17.7 Å². The van der Waals surface area contributed by atoms with Gasteiger partial charge in [0.15, 0.2) is 14.6 Å². The summed E-state index contributed by atoms with van der Waals surface area (Å²) in [6, 6.07) is 5.97. The van der Waals surface area contributed by atoms with E-state index in [2.05, 4.69) is 11.8 Å². The SMILES string of the molecule is CCCCCCCCN1CCC(C(=O)O)(S(=O)(=O)c2ccc(OC)cc2)CC1. The van der Waals surface area contributed by atoms with Gasteiger partial charge < -0.3 is 14.7 Å². The van der Waals surface area contributed by atoms with Crippen molar-refractivity contribution in [3.63, 3.8) is 0 Å². The first-order valence-corrected chi connectivity index (χ1v) is 11.7. The number of ether oxygens (including phenoxy) is 1. The number of unbranched alkanes of at least 4 members (excludes halogenated alkanes) is 5. The highest BCUT2D eigenvalue weighted by molar-refractivity contribution is 7.93. The Bertz CT molecular complexity index is 722. The third-order valence-corrected chi connectivity index (χ3v) is 8.27. The van der Waals surface area contributed by atoms with Crippen molar-refractivity contribution in [2.75, 3.05) is 26.7 Å². The Kier molecular flexibility index (Phi) is 8.31. The van der Waals surface area contributed by atoms with Gasteiger partial charge in [0.25, 0.3) is 0 Å². The van der Waals surface area contributed by atoms with Crippen LogP contribution in [0.4, 0.5) is 0 Å². The van der Waals surface area contributed by atoms with E-state index in [1.165, 1.54) is 51.3 Å². The molecular formula is C21H33NO5S. The van der Waals surface area contributed by atoms with Gasteiger partial charge in [0.2, 0.25) is 0 Å². The number of piperidine rings is 1. The quantitative estimate of drug-likeness (QED) is 0.558. The lowest BCUT2D eigenvalue weighted by Gasteiger charge is -2.38. The first-order chi connectivity index (χ1) is 13.4. The number of hydrogen-bond acceptors (Lipinski definition) is 5. The fourth-order valence-corrected chi connectivity index (χ4v) is 5.73. The van der Waals surface area contributed by atoms with Crippen LogP contribution in [0.3, 0.4) is 0 Å². The van der Waals surface area contributed by atoms with Crippen LogP contribution in [0.1, 0.15) is 58.3 Å². The summed E-state index contributed by atoms with van der Waals surface area (Å²) < 4.78 is 29.7. The smallest absolute Gasteiger partial charge is 0.325 e. The lowest BCUT2D eigenvalue weighted by atomic mass is 9.95. The fourth-order valence-electron chi connectivity index (χ4n) is 3.83. The van der Waals surface area contributed by atoms with Crippen LogP contribution >= 0.6 is 0 Å². The lowest BCUT2D eigenvalue weighted by molar-refractivity contribution is -0.141. The van der Waals surface area contributed by atoms with Crippen molar-refractivity contribution >= 4 is 15.8 Å². The average Bonchev–Trinajstić information content (AvgIpc) is 2.70. The minimum atomic E-state index is -3.99. The molecule has 1 fully saturated rings. The molecule has 7 heteroatoms. The van der Waals surface area contributed by atoms with Crippen LogP contribution in [0.5, 0.6) is 5.75 Å². The highest BCUT2D eigenvalue weighted by Crippen LogP contribution is 2.36. The van der Waals surface area contributed by atoms with Crippen molar-refractivity contribution in [3.8, 4) is 5.75 Å². The van der Waals surface area contributed by atoms with E-state index < -0.39 is 20.6 Å². The largest absolute Gasteiger partial charge is 0.497 e.